The zero-order chi connectivity index (χ0) is 20.1. The fourth-order valence-corrected chi connectivity index (χ4v) is 3.01. The van der Waals surface area contributed by atoms with Crippen LogP contribution in [0.2, 0.25) is 0 Å². The number of esters is 1. The Kier molecular flexibility index (Phi) is 5.22. The van der Waals surface area contributed by atoms with Gasteiger partial charge in [-0.15, -0.1) is 0 Å². The molecule has 0 aliphatic carbocycles. The topological polar surface area (TPSA) is 59.3 Å². The predicted octanol–water partition coefficient (Wildman–Crippen LogP) is 5.36. The van der Waals surface area contributed by atoms with E-state index in [1.807, 2.05) is 66.7 Å². The zero-order valence-electron chi connectivity index (χ0n) is 15.5. The molecule has 0 aliphatic rings. The molecule has 4 aromatic rings. The van der Waals surface area contributed by atoms with Gasteiger partial charge in [0.15, 0.2) is 6.61 Å². The maximum Gasteiger partial charge on any atom is 0.349 e. The van der Waals surface area contributed by atoms with Crippen LogP contribution in [-0.4, -0.2) is 12.6 Å². The standard InChI is InChI=1S/C25H17NO3/c26-16-18-5-7-20(8-6-18)21-9-12-23(13-10-21)29-25(27)17-28-24-14-11-19-3-1-2-4-22(19)15-24/h1-15H,17H2. The van der Waals surface area contributed by atoms with Crippen LogP contribution in [0.4, 0.5) is 0 Å². The Bertz CT molecular complexity index is 1190. The van der Waals surface area contributed by atoms with Gasteiger partial charge in [0.1, 0.15) is 11.5 Å². The Morgan fingerprint density at radius 1 is 0.759 bits per heavy atom. The van der Waals surface area contributed by atoms with Crippen LogP contribution in [0.15, 0.2) is 91.0 Å². The lowest BCUT2D eigenvalue weighted by Crippen LogP contribution is -2.17. The summed E-state index contributed by atoms with van der Waals surface area (Å²) in [7, 11) is 0. The van der Waals surface area contributed by atoms with E-state index in [4.69, 9.17) is 14.7 Å². The van der Waals surface area contributed by atoms with Gasteiger partial charge in [-0.1, -0.05) is 54.6 Å². The van der Waals surface area contributed by atoms with E-state index >= 15 is 0 Å². The van der Waals surface area contributed by atoms with Crippen molar-refractivity contribution in [1.29, 1.82) is 5.26 Å². The van der Waals surface area contributed by atoms with Crippen LogP contribution in [0.3, 0.4) is 0 Å². The molecular weight excluding hydrogens is 362 g/mol. The molecule has 0 radical (unpaired) electrons. The van der Waals surface area contributed by atoms with Gasteiger partial charge >= 0.3 is 5.97 Å². The number of ether oxygens (including phenoxy) is 2. The fourth-order valence-electron chi connectivity index (χ4n) is 3.01. The predicted molar refractivity (Wildman–Crippen MR) is 112 cm³/mol. The number of carbonyl (C=O) groups excluding carboxylic acids is 1. The number of rotatable bonds is 5. The molecule has 0 saturated carbocycles. The highest BCUT2D eigenvalue weighted by Crippen LogP contribution is 2.23. The first-order valence-electron chi connectivity index (χ1n) is 9.14. The largest absolute Gasteiger partial charge is 0.482 e. The minimum absolute atomic E-state index is 0.171. The fraction of sp³-hybridized carbons (Fsp3) is 0.0400. The van der Waals surface area contributed by atoms with Crippen LogP contribution in [0.1, 0.15) is 5.56 Å². The van der Waals surface area contributed by atoms with Crippen LogP contribution in [0.25, 0.3) is 21.9 Å². The summed E-state index contributed by atoms with van der Waals surface area (Å²) in [6, 6.07) is 30.3. The number of nitrogens with zero attached hydrogens (tertiary/aromatic N) is 1. The van der Waals surface area contributed by atoms with Crippen LogP contribution in [0.5, 0.6) is 11.5 Å². The molecule has 4 rings (SSSR count). The Morgan fingerprint density at radius 3 is 2.07 bits per heavy atom. The summed E-state index contributed by atoms with van der Waals surface area (Å²) in [5, 5.41) is 11.0. The van der Waals surface area contributed by atoms with Gasteiger partial charge in [0.05, 0.1) is 11.6 Å². The highest BCUT2D eigenvalue weighted by Gasteiger charge is 2.07. The first kappa shape index (κ1) is 18.3. The average molecular weight is 379 g/mol. The van der Waals surface area contributed by atoms with E-state index in [1.54, 1.807) is 24.3 Å². The number of benzene rings is 4. The van der Waals surface area contributed by atoms with Crippen molar-refractivity contribution < 1.29 is 14.3 Å². The van der Waals surface area contributed by atoms with E-state index in [2.05, 4.69) is 6.07 Å². The molecule has 0 N–H and O–H groups in total. The van der Waals surface area contributed by atoms with Gasteiger partial charge < -0.3 is 9.47 Å². The zero-order valence-corrected chi connectivity index (χ0v) is 15.5. The van der Waals surface area contributed by atoms with E-state index in [0.29, 0.717) is 17.1 Å². The number of carbonyl (C=O) groups is 1. The minimum Gasteiger partial charge on any atom is -0.482 e. The third kappa shape index (κ3) is 4.42. The highest BCUT2D eigenvalue weighted by molar-refractivity contribution is 5.84. The molecule has 0 fully saturated rings. The van der Waals surface area contributed by atoms with Crippen LogP contribution < -0.4 is 9.47 Å². The summed E-state index contributed by atoms with van der Waals surface area (Å²) in [5.41, 5.74) is 2.58. The summed E-state index contributed by atoms with van der Waals surface area (Å²) in [6.07, 6.45) is 0. The first-order chi connectivity index (χ1) is 14.2. The molecule has 0 heterocycles. The lowest BCUT2D eigenvalue weighted by Gasteiger charge is -2.08. The second-order valence-corrected chi connectivity index (χ2v) is 6.49. The average Bonchev–Trinajstić information content (AvgIpc) is 2.78. The van der Waals surface area contributed by atoms with Gasteiger partial charge in [-0.05, 0) is 58.3 Å². The summed E-state index contributed by atoms with van der Waals surface area (Å²) >= 11 is 0. The summed E-state index contributed by atoms with van der Waals surface area (Å²) in [6.45, 7) is -0.171. The van der Waals surface area contributed by atoms with Crippen molar-refractivity contribution in [2.24, 2.45) is 0 Å². The van der Waals surface area contributed by atoms with E-state index in [1.165, 1.54) is 0 Å². The third-order valence-corrected chi connectivity index (χ3v) is 4.51. The Hall–Kier alpha value is -4.10. The Labute approximate surface area is 168 Å². The van der Waals surface area contributed by atoms with Crippen molar-refractivity contribution in [3.63, 3.8) is 0 Å². The molecule has 0 unspecified atom stereocenters. The molecule has 4 nitrogen and oxygen atoms in total. The SMILES string of the molecule is N#Cc1ccc(-c2ccc(OC(=O)COc3ccc4ccccc4c3)cc2)cc1. The lowest BCUT2D eigenvalue weighted by atomic mass is 10.0. The smallest absolute Gasteiger partial charge is 0.349 e. The Balaban J connectivity index is 1.35. The monoisotopic (exact) mass is 379 g/mol. The minimum atomic E-state index is -0.468. The van der Waals surface area contributed by atoms with Crippen molar-refractivity contribution in [3.8, 4) is 28.7 Å². The van der Waals surface area contributed by atoms with Crippen LogP contribution in [0, 0.1) is 11.3 Å². The van der Waals surface area contributed by atoms with Crippen LogP contribution in [-0.2, 0) is 4.79 Å². The molecule has 0 amide bonds. The molecule has 0 spiro atoms. The van der Waals surface area contributed by atoms with Gasteiger partial charge in [0, 0.05) is 0 Å². The van der Waals surface area contributed by atoms with E-state index < -0.39 is 5.97 Å². The number of fused-ring (bicyclic) bond motifs is 1. The summed E-state index contributed by atoms with van der Waals surface area (Å²) < 4.78 is 10.9. The molecule has 0 bridgehead atoms. The molecular formula is C25H17NO3. The summed E-state index contributed by atoms with van der Waals surface area (Å²) in [5.74, 6) is 0.607. The molecule has 0 atom stereocenters. The maximum atomic E-state index is 12.1. The maximum absolute atomic E-state index is 12.1. The number of hydrogen-bond acceptors (Lipinski definition) is 4. The van der Waals surface area contributed by atoms with Crippen molar-refractivity contribution >= 4 is 16.7 Å². The molecule has 29 heavy (non-hydrogen) atoms. The van der Waals surface area contributed by atoms with Gasteiger partial charge in [-0.25, -0.2) is 4.79 Å². The van der Waals surface area contributed by atoms with Gasteiger partial charge in [-0.2, -0.15) is 5.26 Å². The molecule has 0 aromatic heterocycles. The quantitative estimate of drug-likeness (QED) is 0.346. The van der Waals surface area contributed by atoms with Gasteiger partial charge in [-0.3, -0.25) is 0 Å². The van der Waals surface area contributed by atoms with Gasteiger partial charge in [0.25, 0.3) is 0 Å². The molecule has 4 aromatic carbocycles. The molecule has 140 valence electrons. The number of hydrogen-bond donors (Lipinski definition) is 0. The van der Waals surface area contributed by atoms with Crippen molar-refractivity contribution in [2.75, 3.05) is 6.61 Å². The summed E-state index contributed by atoms with van der Waals surface area (Å²) in [4.78, 5) is 12.1. The molecule has 0 saturated heterocycles. The third-order valence-electron chi connectivity index (χ3n) is 4.51. The highest BCUT2D eigenvalue weighted by atomic mass is 16.6. The second-order valence-electron chi connectivity index (χ2n) is 6.49. The first-order valence-corrected chi connectivity index (χ1v) is 9.14. The normalized spacial score (nSPS) is 10.3. The number of nitriles is 1. The van der Waals surface area contributed by atoms with Crippen LogP contribution >= 0.6 is 0 Å². The molecule has 4 heteroatoms. The Morgan fingerprint density at radius 2 is 1.38 bits per heavy atom. The second kappa shape index (κ2) is 8.28. The van der Waals surface area contributed by atoms with E-state index in [0.717, 1.165) is 21.9 Å². The lowest BCUT2D eigenvalue weighted by molar-refractivity contribution is -0.136. The van der Waals surface area contributed by atoms with Crippen molar-refractivity contribution in [2.45, 2.75) is 0 Å². The van der Waals surface area contributed by atoms with E-state index in [-0.39, 0.29) is 6.61 Å². The van der Waals surface area contributed by atoms with Crippen molar-refractivity contribution in [3.05, 3.63) is 96.6 Å². The van der Waals surface area contributed by atoms with Gasteiger partial charge in [0.2, 0.25) is 0 Å². The van der Waals surface area contributed by atoms with E-state index in [9.17, 15) is 4.79 Å². The van der Waals surface area contributed by atoms with Crippen molar-refractivity contribution in [1.82, 2.24) is 0 Å². The molecule has 0 aliphatic heterocycles.